The molecule has 4 N–H and O–H groups in total. The highest BCUT2D eigenvalue weighted by Crippen LogP contribution is 2.36. The summed E-state index contributed by atoms with van der Waals surface area (Å²) in [6, 6.07) is 6.72. The quantitative estimate of drug-likeness (QED) is 0.316. The van der Waals surface area contributed by atoms with Gasteiger partial charge in [-0.05, 0) is 61.1 Å². The number of rotatable bonds is 7. The number of ether oxygens (including phenoxy) is 1. The van der Waals surface area contributed by atoms with Crippen LogP contribution in [0.4, 0.5) is 5.82 Å². The Kier molecular flexibility index (Phi) is 6.13. The zero-order chi connectivity index (χ0) is 25.7. The molecule has 1 aliphatic carbocycles. The lowest BCUT2D eigenvalue weighted by Crippen LogP contribution is -2.46. The first kappa shape index (κ1) is 24.3. The van der Waals surface area contributed by atoms with Crippen molar-refractivity contribution in [1.82, 2.24) is 34.6 Å². The van der Waals surface area contributed by atoms with Gasteiger partial charge in [-0.3, -0.25) is 4.57 Å². The van der Waals surface area contributed by atoms with Crippen LogP contribution >= 0.6 is 0 Å². The number of hydrogen-bond acceptors (Lipinski definition) is 8. The van der Waals surface area contributed by atoms with Crippen molar-refractivity contribution in [3.8, 4) is 0 Å². The third-order valence-corrected chi connectivity index (χ3v) is 7.99. The fraction of sp³-hybridized carbons (Fsp3) is 0.556. The van der Waals surface area contributed by atoms with Crippen molar-refractivity contribution in [2.24, 2.45) is 5.92 Å². The number of imidazole rings is 2. The van der Waals surface area contributed by atoms with Gasteiger partial charge in [0, 0.05) is 12.5 Å². The maximum Gasteiger partial charge on any atom is 0.167 e. The highest BCUT2D eigenvalue weighted by atomic mass is 16.5. The van der Waals surface area contributed by atoms with Crippen LogP contribution in [0.5, 0.6) is 0 Å². The van der Waals surface area contributed by atoms with Gasteiger partial charge >= 0.3 is 0 Å². The zero-order valence-electron chi connectivity index (χ0n) is 21.8. The number of nitrogens with one attached hydrogen (secondary N) is 1. The number of aromatic nitrogens is 6. The number of nitrogens with two attached hydrogens (primary N) is 1. The van der Waals surface area contributed by atoms with E-state index < -0.39 is 0 Å². The largest absolute Gasteiger partial charge is 0.382 e. The number of nitrogens with zero attached hydrogens (tertiary/aromatic N) is 6. The number of H-pyrrole nitrogens is 1. The minimum atomic E-state index is -0.157. The minimum absolute atomic E-state index is 0.0285. The Hall–Kier alpha value is -3.08. The van der Waals surface area contributed by atoms with Crippen molar-refractivity contribution in [2.75, 3.05) is 12.3 Å². The summed E-state index contributed by atoms with van der Waals surface area (Å²) >= 11 is 0. The van der Waals surface area contributed by atoms with Crippen LogP contribution in [0.15, 0.2) is 30.9 Å². The van der Waals surface area contributed by atoms with E-state index in [-0.39, 0.29) is 23.8 Å². The third kappa shape index (κ3) is 4.81. The molecule has 0 bridgehead atoms. The van der Waals surface area contributed by atoms with Crippen LogP contribution in [0, 0.1) is 5.92 Å². The predicted molar refractivity (Wildman–Crippen MR) is 141 cm³/mol. The summed E-state index contributed by atoms with van der Waals surface area (Å²) in [6.07, 6.45) is 8.71. The molecule has 10 nitrogen and oxygen atoms in total. The highest BCUT2D eigenvalue weighted by Gasteiger charge is 2.36. The molecular weight excluding hydrogens is 468 g/mol. The molecule has 6 rings (SSSR count). The summed E-state index contributed by atoms with van der Waals surface area (Å²) in [4.78, 5) is 21.0. The summed E-state index contributed by atoms with van der Waals surface area (Å²) in [5.41, 5.74) is 10.8. The topological polar surface area (TPSA) is 131 Å². The van der Waals surface area contributed by atoms with Gasteiger partial charge in [0.1, 0.15) is 23.9 Å². The van der Waals surface area contributed by atoms with E-state index in [4.69, 9.17) is 15.5 Å². The number of hydroxylamine groups is 2. The Morgan fingerprint density at radius 2 is 2.03 bits per heavy atom. The lowest BCUT2D eigenvalue weighted by atomic mass is 9.77. The zero-order valence-corrected chi connectivity index (χ0v) is 21.8. The normalized spacial score (nSPS) is 24.4. The molecule has 0 spiro atoms. The summed E-state index contributed by atoms with van der Waals surface area (Å²) in [6.45, 7) is 7.20. The maximum absolute atomic E-state index is 10.7. The summed E-state index contributed by atoms with van der Waals surface area (Å²) in [5, 5.41) is 12.2. The number of nitrogen functional groups attached to an aromatic ring is 1. The molecule has 0 amide bonds. The van der Waals surface area contributed by atoms with Gasteiger partial charge < -0.3 is 20.7 Å². The Balaban J connectivity index is 0.972. The molecule has 0 radical (unpaired) electrons. The first-order valence-corrected chi connectivity index (χ1v) is 13.3. The SMILES string of the molecule is CC(C)(C)c1ccc2nc(CCC3CC(N(O)C[C@@H]4CCC(n5cnc6c(N)ncnc65)O4)C3)[nH]c2c1. The molecule has 37 heavy (non-hydrogen) atoms. The summed E-state index contributed by atoms with van der Waals surface area (Å²) in [7, 11) is 0. The molecular formula is C27H36N8O2. The lowest BCUT2D eigenvalue weighted by molar-refractivity contribution is -0.179. The number of anilines is 1. The second kappa shape index (κ2) is 9.34. The number of benzene rings is 1. The van der Waals surface area contributed by atoms with Crippen molar-refractivity contribution < 1.29 is 9.94 Å². The third-order valence-electron chi connectivity index (χ3n) is 7.99. The Bertz CT molecular complexity index is 1400. The van der Waals surface area contributed by atoms with Gasteiger partial charge in [-0.2, -0.15) is 5.06 Å². The maximum atomic E-state index is 10.7. The van der Waals surface area contributed by atoms with Gasteiger partial charge in [0.25, 0.3) is 0 Å². The minimum Gasteiger partial charge on any atom is -0.382 e. The molecule has 1 aromatic carbocycles. The van der Waals surface area contributed by atoms with Crippen LogP contribution in [0.2, 0.25) is 0 Å². The predicted octanol–water partition coefficient (Wildman–Crippen LogP) is 4.36. The average Bonchev–Trinajstić information content (AvgIpc) is 3.55. The number of hydrogen-bond donors (Lipinski definition) is 3. The second-order valence-corrected chi connectivity index (χ2v) is 11.7. The van der Waals surface area contributed by atoms with Crippen LogP contribution in [0.1, 0.15) is 70.5 Å². The number of aromatic amines is 1. The van der Waals surface area contributed by atoms with Crippen molar-refractivity contribution in [1.29, 1.82) is 0 Å². The average molecular weight is 505 g/mol. The van der Waals surface area contributed by atoms with Crippen molar-refractivity contribution in [3.05, 3.63) is 42.2 Å². The molecule has 1 aliphatic heterocycles. The molecule has 2 fully saturated rings. The monoisotopic (exact) mass is 504 g/mol. The summed E-state index contributed by atoms with van der Waals surface area (Å²) in [5.74, 6) is 2.03. The van der Waals surface area contributed by atoms with Crippen LogP contribution in [-0.2, 0) is 16.6 Å². The van der Waals surface area contributed by atoms with Crippen LogP contribution in [0.3, 0.4) is 0 Å². The van der Waals surface area contributed by atoms with Gasteiger partial charge in [0.2, 0.25) is 0 Å². The lowest BCUT2D eigenvalue weighted by Gasteiger charge is -2.40. The highest BCUT2D eigenvalue weighted by molar-refractivity contribution is 5.81. The van der Waals surface area contributed by atoms with E-state index in [0.29, 0.717) is 29.4 Å². The molecule has 10 heteroatoms. The smallest absolute Gasteiger partial charge is 0.167 e. The van der Waals surface area contributed by atoms with E-state index in [0.717, 1.165) is 55.4 Å². The molecule has 1 saturated carbocycles. The van der Waals surface area contributed by atoms with Crippen molar-refractivity contribution >= 4 is 28.0 Å². The first-order valence-electron chi connectivity index (χ1n) is 13.3. The first-order chi connectivity index (χ1) is 17.7. The van der Waals surface area contributed by atoms with E-state index in [1.807, 2.05) is 4.57 Å². The van der Waals surface area contributed by atoms with Gasteiger partial charge in [0.05, 0.1) is 30.0 Å². The Labute approximate surface area is 216 Å². The van der Waals surface area contributed by atoms with Gasteiger partial charge in [-0.1, -0.05) is 26.8 Å². The Morgan fingerprint density at radius 1 is 1.19 bits per heavy atom. The molecule has 2 atom stereocenters. The molecule has 4 heterocycles. The molecule has 196 valence electrons. The van der Waals surface area contributed by atoms with E-state index in [2.05, 4.69) is 58.9 Å². The molecule has 2 aliphatic rings. The fourth-order valence-corrected chi connectivity index (χ4v) is 5.63. The van der Waals surface area contributed by atoms with Crippen molar-refractivity contribution in [2.45, 2.75) is 83.1 Å². The molecule has 1 saturated heterocycles. The van der Waals surface area contributed by atoms with Crippen LogP contribution < -0.4 is 5.73 Å². The molecule has 3 aromatic heterocycles. The van der Waals surface area contributed by atoms with Gasteiger partial charge in [-0.25, -0.2) is 19.9 Å². The van der Waals surface area contributed by atoms with E-state index in [1.54, 1.807) is 6.33 Å². The van der Waals surface area contributed by atoms with E-state index in [1.165, 1.54) is 17.0 Å². The number of aryl methyl sites for hydroxylation is 1. The van der Waals surface area contributed by atoms with Gasteiger partial charge in [-0.15, -0.1) is 0 Å². The van der Waals surface area contributed by atoms with E-state index >= 15 is 0 Å². The van der Waals surface area contributed by atoms with Gasteiger partial charge in [0.15, 0.2) is 11.5 Å². The van der Waals surface area contributed by atoms with Crippen molar-refractivity contribution in [3.63, 3.8) is 0 Å². The van der Waals surface area contributed by atoms with Crippen LogP contribution in [0.25, 0.3) is 22.2 Å². The Morgan fingerprint density at radius 3 is 2.84 bits per heavy atom. The van der Waals surface area contributed by atoms with Crippen LogP contribution in [-0.4, -0.2) is 58.4 Å². The second-order valence-electron chi connectivity index (χ2n) is 11.7. The van der Waals surface area contributed by atoms with E-state index in [9.17, 15) is 5.21 Å². The fourth-order valence-electron chi connectivity index (χ4n) is 5.63. The number of fused-ring (bicyclic) bond motifs is 2. The molecule has 1 unspecified atom stereocenters. The standard InChI is InChI=1S/C27H36N8O2/c1-27(2,3)17-5-7-20-21(12-17)33-22(32-20)8-4-16-10-18(11-16)35(36)13-19-6-9-23(37-19)34-15-31-24-25(28)29-14-30-26(24)34/h5,7,12,14-16,18-19,23,36H,4,6,8-11,13H2,1-3H3,(H,32,33)(H2,28,29,30)/t16?,18?,19-,23?/m0/s1. The molecule has 4 aromatic rings. The summed E-state index contributed by atoms with van der Waals surface area (Å²) < 4.78 is 8.15.